The van der Waals surface area contributed by atoms with E-state index in [2.05, 4.69) is 9.05 Å². The van der Waals surface area contributed by atoms with Crippen molar-refractivity contribution in [1.82, 2.24) is 0 Å². The normalized spacial score (nSPS) is 9.08. The van der Waals surface area contributed by atoms with Gasteiger partial charge in [-0.1, -0.05) is 0 Å². The Morgan fingerprint density at radius 3 is 1.75 bits per heavy atom. The van der Waals surface area contributed by atoms with Crippen LogP contribution in [0.15, 0.2) is 0 Å². The Bertz CT molecular complexity index is 172. The Labute approximate surface area is 84.6 Å². The minimum atomic E-state index is -3.39. The predicted molar refractivity (Wildman–Crippen MR) is 51.0 cm³/mol. The van der Waals surface area contributed by atoms with Crippen LogP contribution in [0, 0.1) is 11.1 Å². The molecule has 0 unspecified atom stereocenters. The van der Waals surface area contributed by atoms with Crippen LogP contribution in [0.25, 0.3) is 0 Å². The fraction of sp³-hybridized carbons (Fsp3) is 0.800. The third kappa shape index (κ3) is 6.90. The van der Waals surface area contributed by atoms with Gasteiger partial charge in [-0.05, 0) is 13.8 Å². The maximum absolute atomic E-state index is 11.0. The summed E-state index contributed by atoms with van der Waals surface area (Å²) in [6.45, 7) is 3.77. The van der Waals surface area contributed by atoms with E-state index in [1.165, 1.54) is 5.81 Å². The highest BCUT2D eigenvalue weighted by Gasteiger charge is 2.21. The minimum Gasteiger partial charge on any atom is -0.298 e. The van der Waals surface area contributed by atoms with Crippen LogP contribution < -0.4 is 0 Å². The summed E-state index contributed by atoms with van der Waals surface area (Å²) in [7, 11) is -3.39. The summed E-state index contributed by atoms with van der Waals surface area (Å²) in [4.78, 5) is 0. The molecule has 0 spiro atoms. The van der Waals surface area contributed by atoms with E-state index in [9.17, 15) is 4.57 Å². The van der Waals surface area contributed by atoms with E-state index in [0.29, 0.717) is 0 Å². The zero-order valence-electron chi connectivity index (χ0n) is 6.85. The average molecular weight is 236 g/mol. The first-order valence-electron chi connectivity index (χ1n) is 2.99. The van der Waals surface area contributed by atoms with Crippen molar-refractivity contribution in [3.63, 3.8) is 0 Å². The topological polar surface area (TPSA) is 59.3 Å². The molecule has 0 saturated heterocycles. The van der Waals surface area contributed by atoms with Crippen molar-refractivity contribution in [2.75, 3.05) is 13.2 Å². The lowest BCUT2D eigenvalue weighted by Gasteiger charge is -2.06. The molecule has 0 bridgehead atoms. The van der Waals surface area contributed by atoms with Gasteiger partial charge in [-0.25, -0.2) is 4.57 Å². The molecule has 0 radical (unpaired) electrons. The molecule has 0 N–H and O–H groups in total. The fourth-order valence-electron chi connectivity index (χ4n) is 0.435. The molecule has 0 fully saturated rings. The minimum absolute atomic E-state index is 0. The Kier molecular flexibility index (Phi) is 14.0. The van der Waals surface area contributed by atoms with Crippen molar-refractivity contribution in [3.05, 3.63) is 0 Å². The van der Waals surface area contributed by atoms with Crippen molar-refractivity contribution in [2.24, 2.45) is 0 Å². The van der Waals surface area contributed by atoms with E-state index in [-0.39, 0.29) is 38.0 Å². The summed E-state index contributed by atoms with van der Waals surface area (Å²) in [5.41, 5.74) is 0. The van der Waals surface area contributed by atoms with Crippen LogP contribution in [0.1, 0.15) is 13.8 Å². The largest absolute Gasteiger partial charge is 0.431 e. The van der Waals surface area contributed by atoms with Gasteiger partial charge in [-0.15, -0.1) is 24.8 Å². The molecule has 74 valence electrons. The van der Waals surface area contributed by atoms with Gasteiger partial charge in [0.05, 0.1) is 13.2 Å². The van der Waals surface area contributed by atoms with Crippen molar-refractivity contribution >= 4 is 32.4 Å². The molecule has 0 aliphatic heterocycles. The number of hydrogen-bond donors (Lipinski definition) is 0. The lowest BCUT2D eigenvalue weighted by molar-refractivity contribution is 0.230. The highest BCUT2D eigenvalue weighted by atomic mass is 35.5. The quantitative estimate of drug-likeness (QED) is 0.703. The Hall–Kier alpha value is 0.220. The van der Waals surface area contributed by atoms with Gasteiger partial charge in [0.1, 0.15) is 0 Å². The summed E-state index contributed by atoms with van der Waals surface area (Å²) in [5.74, 6) is 1.49. The fourth-order valence-corrected chi connectivity index (χ4v) is 1.30. The standard InChI is InChI=1S/C5H10NO3P.2ClH/c1-3-8-10(7,5-6)9-4-2;;/h3-4H2,1-2H3;2*1H. The molecule has 0 aromatic carbocycles. The van der Waals surface area contributed by atoms with Crippen LogP contribution in [0.4, 0.5) is 0 Å². The molecule has 0 aromatic rings. The zero-order valence-corrected chi connectivity index (χ0v) is 9.38. The highest BCUT2D eigenvalue weighted by molar-refractivity contribution is 7.59. The molecule has 0 atom stereocenters. The zero-order chi connectivity index (χ0) is 8.04. The van der Waals surface area contributed by atoms with Crippen molar-refractivity contribution in [1.29, 1.82) is 5.26 Å². The summed E-state index contributed by atoms with van der Waals surface area (Å²) in [5, 5.41) is 8.28. The molecule has 0 aliphatic rings. The van der Waals surface area contributed by atoms with Crippen molar-refractivity contribution in [3.8, 4) is 5.81 Å². The van der Waals surface area contributed by atoms with E-state index in [0.717, 1.165) is 0 Å². The SMILES string of the molecule is CCOP(=O)(C#N)OCC.Cl.Cl. The van der Waals surface area contributed by atoms with Gasteiger partial charge < -0.3 is 0 Å². The van der Waals surface area contributed by atoms with Crippen LogP contribution in [0.2, 0.25) is 0 Å². The van der Waals surface area contributed by atoms with Gasteiger partial charge in [0.2, 0.25) is 0 Å². The van der Waals surface area contributed by atoms with E-state index >= 15 is 0 Å². The molecule has 0 heterocycles. The van der Waals surface area contributed by atoms with Gasteiger partial charge in [-0.2, -0.15) is 5.26 Å². The average Bonchev–Trinajstić information content (AvgIpc) is 1.89. The summed E-state index contributed by atoms with van der Waals surface area (Å²) >= 11 is 0. The van der Waals surface area contributed by atoms with E-state index in [1.807, 2.05) is 0 Å². The summed E-state index contributed by atoms with van der Waals surface area (Å²) in [6.07, 6.45) is 0. The lowest BCUT2D eigenvalue weighted by Crippen LogP contribution is -1.92. The van der Waals surface area contributed by atoms with Crippen LogP contribution in [-0.2, 0) is 13.6 Å². The van der Waals surface area contributed by atoms with Crippen molar-refractivity contribution in [2.45, 2.75) is 13.8 Å². The molecular weight excluding hydrogens is 224 g/mol. The number of halogens is 2. The Morgan fingerprint density at radius 2 is 1.58 bits per heavy atom. The molecule has 12 heavy (non-hydrogen) atoms. The number of nitrogens with zero attached hydrogens (tertiary/aromatic N) is 1. The molecule has 0 rings (SSSR count). The smallest absolute Gasteiger partial charge is 0.298 e. The summed E-state index contributed by atoms with van der Waals surface area (Å²) in [6, 6.07) is 0. The third-order valence-corrected chi connectivity index (χ3v) is 2.16. The molecule has 0 amide bonds. The van der Waals surface area contributed by atoms with Crippen LogP contribution in [0.3, 0.4) is 0 Å². The molecule has 0 saturated carbocycles. The van der Waals surface area contributed by atoms with E-state index in [4.69, 9.17) is 5.26 Å². The van der Waals surface area contributed by atoms with Crippen molar-refractivity contribution < 1.29 is 13.6 Å². The second-order valence-corrected chi connectivity index (χ2v) is 3.14. The Balaban J connectivity index is -0.000000405. The van der Waals surface area contributed by atoms with Gasteiger partial charge in [0, 0.05) is 0 Å². The van der Waals surface area contributed by atoms with Crippen LogP contribution >= 0.6 is 32.4 Å². The monoisotopic (exact) mass is 235 g/mol. The first kappa shape index (κ1) is 18.1. The molecule has 4 nitrogen and oxygen atoms in total. The molecular formula is C5H12Cl2NO3P. The second kappa shape index (κ2) is 9.31. The molecule has 0 aliphatic carbocycles. The van der Waals surface area contributed by atoms with Gasteiger partial charge >= 0.3 is 7.60 Å². The first-order valence-corrected chi connectivity index (χ1v) is 4.53. The Morgan fingerprint density at radius 1 is 1.25 bits per heavy atom. The van der Waals surface area contributed by atoms with Gasteiger partial charge in [0.15, 0.2) is 5.81 Å². The molecule has 0 aromatic heterocycles. The maximum atomic E-state index is 11.0. The summed E-state index contributed by atoms with van der Waals surface area (Å²) < 4.78 is 20.2. The number of nitriles is 1. The predicted octanol–water partition coefficient (Wildman–Crippen LogP) is 2.58. The first-order chi connectivity index (χ1) is 4.68. The third-order valence-electron chi connectivity index (χ3n) is 0.721. The van der Waals surface area contributed by atoms with Gasteiger partial charge in [0.25, 0.3) is 0 Å². The highest BCUT2D eigenvalue weighted by Crippen LogP contribution is 2.46. The van der Waals surface area contributed by atoms with Crippen LogP contribution in [-0.4, -0.2) is 13.2 Å². The van der Waals surface area contributed by atoms with Crippen LogP contribution in [0.5, 0.6) is 0 Å². The van der Waals surface area contributed by atoms with E-state index in [1.54, 1.807) is 13.8 Å². The maximum Gasteiger partial charge on any atom is 0.431 e. The number of hydrogen-bond acceptors (Lipinski definition) is 4. The van der Waals surface area contributed by atoms with E-state index < -0.39 is 7.60 Å². The number of rotatable bonds is 4. The lowest BCUT2D eigenvalue weighted by atomic mass is 10.9. The van der Waals surface area contributed by atoms with Gasteiger partial charge in [-0.3, -0.25) is 9.05 Å². The second-order valence-electron chi connectivity index (χ2n) is 1.43. The molecule has 7 heteroatoms.